The lowest BCUT2D eigenvalue weighted by Crippen LogP contribution is -2.55. The fraction of sp³-hybridized carbons (Fsp3) is 0.647. The van der Waals surface area contributed by atoms with E-state index in [0.29, 0.717) is 18.7 Å². The zero-order chi connectivity index (χ0) is 16.5. The Morgan fingerprint density at radius 3 is 2.65 bits per heavy atom. The quantitative estimate of drug-likeness (QED) is 0.904. The highest BCUT2D eigenvalue weighted by Gasteiger charge is 2.43. The number of rotatable bonds is 2. The standard InChI is InChI=1S/C17H22F3NO2/c18-17(19,20)14-4-1-3-13(11-14)12-21-8-6-16(7-9-21)15(22)5-2-10-23-16/h1,3-4,11,15,22H,2,5-10,12H2/t15-/m0/s1. The molecule has 128 valence electrons. The van der Waals surface area contributed by atoms with Gasteiger partial charge < -0.3 is 9.84 Å². The molecule has 1 atom stereocenters. The molecule has 3 nitrogen and oxygen atoms in total. The molecule has 2 fully saturated rings. The molecule has 0 aliphatic carbocycles. The minimum absolute atomic E-state index is 0.424. The van der Waals surface area contributed by atoms with Gasteiger partial charge in [0.15, 0.2) is 0 Å². The highest BCUT2D eigenvalue weighted by atomic mass is 19.4. The molecule has 0 bridgehead atoms. The summed E-state index contributed by atoms with van der Waals surface area (Å²) >= 11 is 0. The van der Waals surface area contributed by atoms with Crippen molar-refractivity contribution >= 4 is 0 Å². The van der Waals surface area contributed by atoms with Gasteiger partial charge in [-0.1, -0.05) is 18.2 Å². The Morgan fingerprint density at radius 2 is 2.00 bits per heavy atom. The van der Waals surface area contributed by atoms with Gasteiger partial charge in [0, 0.05) is 26.2 Å². The number of halogens is 3. The first-order valence-electron chi connectivity index (χ1n) is 8.10. The number of nitrogens with zero attached hydrogens (tertiary/aromatic N) is 1. The van der Waals surface area contributed by atoms with Crippen LogP contribution >= 0.6 is 0 Å². The Bertz CT molecular complexity index is 539. The molecule has 2 saturated heterocycles. The predicted octanol–water partition coefficient (Wildman–Crippen LogP) is 3.21. The lowest BCUT2D eigenvalue weighted by atomic mass is 9.82. The van der Waals surface area contributed by atoms with Crippen LogP contribution in [0.15, 0.2) is 24.3 Å². The summed E-state index contributed by atoms with van der Waals surface area (Å²) in [5.74, 6) is 0. The summed E-state index contributed by atoms with van der Waals surface area (Å²) in [6.45, 7) is 2.64. The summed E-state index contributed by atoms with van der Waals surface area (Å²) in [5, 5.41) is 10.2. The Kier molecular flexibility index (Phi) is 4.67. The van der Waals surface area contributed by atoms with Gasteiger partial charge in [-0.05, 0) is 37.3 Å². The first kappa shape index (κ1) is 16.7. The van der Waals surface area contributed by atoms with Crippen LogP contribution in [0.1, 0.15) is 36.8 Å². The van der Waals surface area contributed by atoms with Crippen molar-refractivity contribution in [3.05, 3.63) is 35.4 Å². The van der Waals surface area contributed by atoms with Gasteiger partial charge in [-0.25, -0.2) is 0 Å². The van der Waals surface area contributed by atoms with E-state index in [0.717, 1.165) is 44.8 Å². The molecular formula is C17H22F3NO2. The largest absolute Gasteiger partial charge is 0.416 e. The van der Waals surface area contributed by atoms with Crippen molar-refractivity contribution in [3.63, 3.8) is 0 Å². The average molecular weight is 329 g/mol. The van der Waals surface area contributed by atoms with Gasteiger partial charge in [0.25, 0.3) is 0 Å². The second-order valence-corrected chi connectivity index (χ2v) is 6.55. The van der Waals surface area contributed by atoms with Crippen molar-refractivity contribution in [2.24, 2.45) is 0 Å². The van der Waals surface area contributed by atoms with Crippen LogP contribution < -0.4 is 0 Å². The van der Waals surface area contributed by atoms with E-state index in [2.05, 4.69) is 4.90 Å². The van der Waals surface area contributed by atoms with E-state index < -0.39 is 23.4 Å². The van der Waals surface area contributed by atoms with Gasteiger partial charge >= 0.3 is 6.18 Å². The van der Waals surface area contributed by atoms with Crippen molar-refractivity contribution in [1.29, 1.82) is 0 Å². The smallest absolute Gasteiger partial charge is 0.390 e. The molecule has 23 heavy (non-hydrogen) atoms. The van der Waals surface area contributed by atoms with Crippen LogP contribution in [0, 0.1) is 0 Å². The van der Waals surface area contributed by atoms with Crippen LogP contribution in [-0.4, -0.2) is 41.4 Å². The molecule has 1 N–H and O–H groups in total. The van der Waals surface area contributed by atoms with Gasteiger partial charge in [-0.15, -0.1) is 0 Å². The van der Waals surface area contributed by atoms with Gasteiger partial charge in [0.2, 0.25) is 0 Å². The summed E-state index contributed by atoms with van der Waals surface area (Å²) < 4.78 is 44.2. The number of ether oxygens (including phenoxy) is 1. The first-order valence-corrected chi connectivity index (χ1v) is 8.10. The molecule has 1 spiro atoms. The molecular weight excluding hydrogens is 307 g/mol. The molecule has 2 aliphatic heterocycles. The summed E-state index contributed by atoms with van der Waals surface area (Å²) in [6, 6.07) is 5.50. The number of aliphatic hydroxyl groups is 1. The van der Waals surface area contributed by atoms with Crippen LogP contribution in [0.2, 0.25) is 0 Å². The summed E-state index contributed by atoms with van der Waals surface area (Å²) in [7, 11) is 0. The first-order chi connectivity index (χ1) is 10.9. The Balaban J connectivity index is 1.61. The second-order valence-electron chi connectivity index (χ2n) is 6.55. The molecule has 0 aromatic heterocycles. The van der Waals surface area contributed by atoms with E-state index in [1.807, 2.05) is 0 Å². The van der Waals surface area contributed by atoms with Gasteiger partial charge in [0.1, 0.15) is 0 Å². The predicted molar refractivity (Wildman–Crippen MR) is 79.9 cm³/mol. The van der Waals surface area contributed by atoms with E-state index in [9.17, 15) is 18.3 Å². The zero-order valence-corrected chi connectivity index (χ0v) is 13.0. The third-order valence-electron chi connectivity index (χ3n) is 4.98. The van der Waals surface area contributed by atoms with Crippen LogP contribution in [0.4, 0.5) is 13.2 Å². The summed E-state index contributed by atoms with van der Waals surface area (Å²) in [5.41, 5.74) is -0.377. The molecule has 0 saturated carbocycles. The highest BCUT2D eigenvalue weighted by Crippen LogP contribution is 2.36. The molecule has 2 heterocycles. The number of likely N-dealkylation sites (tertiary alicyclic amines) is 1. The average Bonchev–Trinajstić information content (AvgIpc) is 2.52. The van der Waals surface area contributed by atoms with Crippen molar-refractivity contribution in [2.45, 2.75) is 50.1 Å². The molecule has 1 aromatic carbocycles. The molecule has 0 unspecified atom stereocenters. The molecule has 1 aromatic rings. The van der Waals surface area contributed by atoms with Gasteiger partial charge in [-0.3, -0.25) is 4.90 Å². The maximum Gasteiger partial charge on any atom is 0.416 e. The topological polar surface area (TPSA) is 32.7 Å². The lowest BCUT2D eigenvalue weighted by Gasteiger charge is -2.46. The van der Waals surface area contributed by atoms with Gasteiger partial charge in [0.05, 0.1) is 17.3 Å². The molecule has 3 rings (SSSR count). The summed E-state index contributed by atoms with van der Waals surface area (Å²) in [6.07, 6.45) is -1.61. The van der Waals surface area contributed by atoms with Crippen LogP contribution in [0.3, 0.4) is 0 Å². The SMILES string of the molecule is O[C@H]1CCCOC12CCN(Cc1cccc(C(F)(F)F)c1)CC2. The number of hydrogen-bond donors (Lipinski definition) is 1. The van der Waals surface area contributed by atoms with Crippen molar-refractivity contribution in [1.82, 2.24) is 4.90 Å². The number of aliphatic hydroxyl groups excluding tert-OH is 1. The Labute approximate surface area is 134 Å². The van der Waals surface area contributed by atoms with E-state index in [4.69, 9.17) is 4.74 Å². The van der Waals surface area contributed by atoms with E-state index in [1.54, 1.807) is 6.07 Å². The molecule has 6 heteroatoms. The second kappa shape index (κ2) is 6.42. The zero-order valence-electron chi connectivity index (χ0n) is 13.0. The number of piperidine rings is 1. The van der Waals surface area contributed by atoms with Gasteiger partial charge in [-0.2, -0.15) is 13.2 Å². The minimum Gasteiger partial charge on any atom is -0.390 e. The summed E-state index contributed by atoms with van der Waals surface area (Å²) in [4.78, 5) is 2.13. The van der Waals surface area contributed by atoms with Crippen LogP contribution in [-0.2, 0) is 17.5 Å². The lowest BCUT2D eigenvalue weighted by molar-refractivity contribution is -0.177. The van der Waals surface area contributed by atoms with Crippen molar-refractivity contribution < 1.29 is 23.0 Å². The normalized spacial score (nSPS) is 25.7. The monoisotopic (exact) mass is 329 g/mol. The van der Waals surface area contributed by atoms with Crippen molar-refractivity contribution in [2.75, 3.05) is 19.7 Å². The fourth-order valence-corrected chi connectivity index (χ4v) is 3.58. The van der Waals surface area contributed by atoms with E-state index >= 15 is 0 Å². The molecule has 0 radical (unpaired) electrons. The maximum absolute atomic E-state index is 12.8. The minimum atomic E-state index is -4.30. The third kappa shape index (κ3) is 3.70. The van der Waals surface area contributed by atoms with Crippen molar-refractivity contribution in [3.8, 4) is 0 Å². The fourth-order valence-electron chi connectivity index (χ4n) is 3.58. The highest BCUT2D eigenvalue weighted by molar-refractivity contribution is 5.25. The maximum atomic E-state index is 12.8. The molecule has 2 aliphatic rings. The third-order valence-corrected chi connectivity index (χ3v) is 4.98. The number of benzene rings is 1. The van der Waals surface area contributed by atoms with E-state index in [-0.39, 0.29) is 0 Å². The molecule has 0 amide bonds. The number of alkyl halides is 3. The van der Waals surface area contributed by atoms with Crippen LogP contribution in [0.25, 0.3) is 0 Å². The van der Waals surface area contributed by atoms with Crippen LogP contribution in [0.5, 0.6) is 0 Å². The van der Waals surface area contributed by atoms with E-state index in [1.165, 1.54) is 12.1 Å². The Morgan fingerprint density at radius 1 is 1.26 bits per heavy atom. The number of hydrogen-bond acceptors (Lipinski definition) is 3. The Hall–Kier alpha value is -1.11.